The summed E-state index contributed by atoms with van der Waals surface area (Å²) in [4.78, 5) is 0.403. The molecule has 0 aliphatic heterocycles. The second-order valence-corrected chi connectivity index (χ2v) is 5.99. The van der Waals surface area contributed by atoms with Crippen molar-refractivity contribution >= 4 is 28.1 Å². The molecule has 20 heavy (non-hydrogen) atoms. The van der Waals surface area contributed by atoms with Gasteiger partial charge in [-0.2, -0.15) is 5.26 Å². The lowest BCUT2D eigenvalue weighted by molar-refractivity contribution is 0.625. The minimum atomic E-state index is -1.46. The van der Waals surface area contributed by atoms with E-state index >= 15 is 0 Å². The summed E-state index contributed by atoms with van der Waals surface area (Å²) in [6.07, 6.45) is 0. The Hall–Kier alpha value is -1.90. The van der Waals surface area contributed by atoms with E-state index in [0.29, 0.717) is 21.2 Å². The van der Waals surface area contributed by atoms with Gasteiger partial charge in [-0.3, -0.25) is 4.21 Å². The zero-order chi connectivity index (χ0) is 14.7. The van der Waals surface area contributed by atoms with Crippen LogP contribution in [0.3, 0.4) is 0 Å². The van der Waals surface area contributed by atoms with Crippen LogP contribution in [0.5, 0.6) is 0 Å². The maximum atomic E-state index is 13.3. The third kappa shape index (κ3) is 3.35. The first-order valence-electron chi connectivity index (χ1n) is 5.62. The van der Waals surface area contributed by atoms with Crippen molar-refractivity contribution < 1.29 is 8.60 Å². The zero-order valence-corrected chi connectivity index (χ0v) is 11.8. The Morgan fingerprint density at radius 3 is 2.75 bits per heavy atom. The van der Waals surface area contributed by atoms with Crippen LogP contribution < -0.4 is 5.73 Å². The molecular weight excluding hydrogens is 299 g/mol. The van der Waals surface area contributed by atoms with Gasteiger partial charge in [0.25, 0.3) is 0 Å². The topological polar surface area (TPSA) is 66.9 Å². The number of anilines is 1. The summed E-state index contributed by atoms with van der Waals surface area (Å²) < 4.78 is 25.6. The molecule has 0 aromatic heterocycles. The van der Waals surface area contributed by atoms with E-state index in [1.165, 1.54) is 18.2 Å². The maximum absolute atomic E-state index is 13.3. The smallest absolute Gasteiger partial charge is 0.124 e. The number of rotatable bonds is 3. The fourth-order valence-electron chi connectivity index (χ4n) is 1.73. The van der Waals surface area contributed by atoms with E-state index in [-0.39, 0.29) is 11.3 Å². The standard InChI is InChI=1S/C14H10ClFN2OS/c15-11-1-2-13(18)14(6-11)20(19)8-10-3-9(7-17)4-12(16)5-10/h1-6H,8,18H2. The summed E-state index contributed by atoms with van der Waals surface area (Å²) >= 11 is 5.84. The van der Waals surface area contributed by atoms with E-state index in [2.05, 4.69) is 0 Å². The quantitative estimate of drug-likeness (QED) is 0.885. The molecular formula is C14H10ClFN2OS. The molecule has 0 spiro atoms. The van der Waals surface area contributed by atoms with Crippen molar-refractivity contribution in [3.05, 3.63) is 58.4 Å². The Morgan fingerprint density at radius 2 is 2.05 bits per heavy atom. The number of benzene rings is 2. The van der Waals surface area contributed by atoms with Crippen LogP contribution >= 0.6 is 11.6 Å². The molecule has 0 amide bonds. The molecule has 1 unspecified atom stereocenters. The van der Waals surface area contributed by atoms with Crippen LogP contribution in [0, 0.1) is 17.1 Å². The maximum Gasteiger partial charge on any atom is 0.124 e. The Bertz CT molecular complexity index is 728. The minimum Gasteiger partial charge on any atom is -0.398 e. The van der Waals surface area contributed by atoms with E-state index in [0.717, 1.165) is 6.07 Å². The third-order valence-electron chi connectivity index (χ3n) is 2.61. The van der Waals surface area contributed by atoms with Crippen molar-refractivity contribution in [1.82, 2.24) is 0 Å². The summed E-state index contributed by atoms with van der Waals surface area (Å²) in [6.45, 7) is 0. The Balaban J connectivity index is 2.30. The van der Waals surface area contributed by atoms with E-state index in [1.54, 1.807) is 12.1 Å². The summed E-state index contributed by atoms with van der Waals surface area (Å²) in [7, 11) is -1.46. The average Bonchev–Trinajstić information content (AvgIpc) is 2.40. The van der Waals surface area contributed by atoms with Gasteiger partial charge >= 0.3 is 0 Å². The number of hydrogen-bond acceptors (Lipinski definition) is 3. The van der Waals surface area contributed by atoms with Gasteiger partial charge in [-0.1, -0.05) is 11.6 Å². The van der Waals surface area contributed by atoms with E-state index in [4.69, 9.17) is 22.6 Å². The lowest BCUT2D eigenvalue weighted by atomic mass is 10.1. The van der Waals surface area contributed by atoms with Crippen LogP contribution in [-0.4, -0.2) is 4.21 Å². The van der Waals surface area contributed by atoms with Gasteiger partial charge in [0, 0.05) is 10.7 Å². The normalized spacial score (nSPS) is 11.8. The highest BCUT2D eigenvalue weighted by Gasteiger charge is 2.11. The number of nitrogen functional groups attached to an aromatic ring is 1. The second-order valence-electron chi connectivity index (χ2n) is 4.13. The SMILES string of the molecule is N#Cc1cc(F)cc(CS(=O)c2cc(Cl)ccc2N)c1. The van der Waals surface area contributed by atoms with Crippen LogP contribution in [0.25, 0.3) is 0 Å². The molecule has 3 nitrogen and oxygen atoms in total. The monoisotopic (exact) mass is 308 g/mol. The van der Waals surface area contributed by atoms with Gasteiger partial charge in [0.05, 0.1) is 33.1 Å². The van der Waals surface area contributed by atoms with Crippen molar-refractivity contribution in [1.29, 1.82) is 5.26 Å². The van der Waals surface area contributed by atoms with Crippen LogP contribution in [0.4, 0.5) is 10.1 Å². The molecule has 2 rings (SSSR count). The first kappa shape index (κ1) is 14.5. The molecule has 0 radical (unpaired) electrons. The first-order chi connectivity index (χ1) is 9.49. The lowest BCUT2D eigenvalue weighted by Crippen LogP contribution is -2.01. The Kier molecular flexibility index (Phi) is 4.38. The fraction of sp³-hybridized carbons (Fsp3) is 0.0714. The molecule has 2 aromatic carbocycles. The fourth-order valence-corrected chi connectivity index (χ4v) is 3.18. The van der Waals surface area contributed by atoms with Crippen LogP contribution in [0.1, 0.15) is 11.1 Å². The summed E-state index contributed by atoms with van der Waals surface area (Å²) in [5, 5.41) is 9.22. The average molecular weight is 309 g/mol. The van der Waals surface area contributed by atoms with Crippen molar-refractivity contribution in [2.24, 2.45) is 0 Å². The third-order valence-corrected chi connectivity index (χ3v) is 4.28. The van der Waals surface area contributed by atoms with Gasteiger partial charge in [-0.25, -0.2) is 4.39 Å². The molecule has 0 fully saturated rings. The predicted octanol–water partition coefficient (Wildman–Crippen LogP) is 3.24. The molecule has 102 valence electrons. The molecule has 2 N–H and O–H groups in total. The van der Waals surface area contributed by atoms with E-state index in [9.17, 15) is 8.60 Å². The Morgan fingerprint density at radius 1 is 1.30 bits per heavy atom. The molecule has 1 atom stereocenters. The molecule has 0 heterocycles. The highest BCUT2D eigenvalue weighted by molar-refractivity contribution is 7.84. The number of halogens is 2. The molecule has 0 aliphatic rings. The largest absolute Gasteiger partial charge is 0.398 e. The molecule has 6 heteroatoms. The summed E-state index contributed by atoms with van der Waals surface area (Å²) in [5.41, 5.74) is 6.78. The zero-order valence-electron chi connectivity index (χ0n) is 10.3. The van der Waals surface area contributed by atoms with Gasteiger partial charge < -0.3 is 5.73 Å². The van der Waals surface area contributed by atoms with Gasteiger partial charge in [0.2, 0.25) is 0 Å². The summed E-state index contributed by atoms with van der Waals surface area (Å²) in [5.74, 6) is -0.466. The number of nitrogens with two attached hydrogens (primary N) is 1. The van der Waals surface area contributed by atoms with Crippen LogP contribution in [0.2, 0.25) is 5.02 Å². The van der Waals surface area contributed by atoms with Crippen molar-refractivity contribution in [3.63, 3.8) is 0 Å². The van der Waals surface area contributed by atoms with Crippen molar-refractivity contribution in [3.8, 4) is 6.07 Å². The minimum absolute atomic E-state index is 0.0665. The molecule has 0 saturated carbocycles. The van der Waals surface area contributed by atoms with E-state index < -0.39 is 16.6 Å². The second kappa shape index (κ2) is 6.04. The van der Waals surface area contributed by atoms with Crippen LogP contribution in [0.15, 0.2) is 41.3 Å². The summed E-state index contributed by atoms with van der Waals surface area (Å²) in [6, 6.07) is 10.4. The number of hydrogen-bond donors (Lipinski definition) is 1. The van der Waals surface area contributed by atoms with Gasteiger partial charge in [-0.15, -0.1) is 0 Å². The van der Waals surface area contributed by atoms with Gasteiger partial charge in [0.15, 0.2) is 0 Å². The van der Waals surface area contributed by atoms with Gasteiger partial charge in [-0.05, 0) is 42.0 Å². The highest BCUT2D eigenvalue weighted by atomic mass is 35.5. The highest BCUT2D eigenvalue weighted by Crippen LogP contribution is 2.23. The van der Waals surface area contributed by atoms with Crippen LogP contribution in [-0.2, 0) is 16.6 Å². The van der Waals surface area contributed by atoms with Crippen molar-refractivity contribution in [2.75, 3.05) is 5.73 Å². The number of nitrogens with zero attached hydrogens (tertiary/aromatic N) is 1. The molecule has 0 saturated heterocycles. The molecule has 2 aromatic rings. The molecule has 0 bridgehead atoms. The van der Waals surface area contributed by atoms with Gasteiger partial charge in [0.1, 0.15) is 5.82 Å². The predicted molar refractivity (Wildman–Crippen MR) is 77.1 cm³/mol. The van der Waals surface area contributed by atoms with E-state index in [1.807, 2.05) is 6.07 Å². The lowest BCUT2D eigenvalue weighted by Gasteiger charge is -2.07. The Labute approximate surface area is 123 Å². The molecule has 0 aliphatic carbocycles. The van der Waals surface area contributed by atoms with Crippen molar-refractivity contribution in [2.45, 2.75) is 10.6 Å². The number of nitriles is 1. The first-order valence-corrected chi connectivity index (χ1v) is 7.32.